The number of thiazole rings is 1. The molecule has 6 rings (SSSR count). The van der Waals surface area contributed by atoms with E-state index in [4.69, 9.17) is 16.6 Å². The number of fused-ring (bicyclic) bond motifs is 1. The van der Waals surface area contributed by atoms with Crippen LogP contribution < -0.4 is 10.9 Å². The number of carbonyl (C=O) groups is 1. The zero-order valence-corrected chi connectivity index (χ0v) is 24.2. The van der Waals surface area contributed by atoms with Crippen molar-refractivity contribution in [3.05, 3.63) is 129 Å². The minimum Gasteiger partial charge on any atom is -0.337 e. The molecule has 0 radical (unpaired) electrons. The van der Waals surface area contributed by atoms with E-state index in [1.807, 2.05) is 77.7 Å². The van der Waals surface area contributed by atoms with Crippen LogP contribution in [0.3, 0.4) is 0 Å². The average Bonchev–Trinajstić information content (AvgIpc) is 3.64. The van der Waals surface area contributed by atoms with Gasteiger partial charge in [-0.05, 0) is 17.7 Å². The van der Waals surface area contributed by atoms with Crippen molar-refractivity contribution in [1.82, 2.24) is 24.4 Å². The van der Waals surface area contributed by atoms with Crippen LogP contribution in [0.1, 0.15) is 23.7 Å². The van der Waals surface area contributed by atoms with E-state index in [0.717, 1.165) is 44.0 Å². The lowest BCUT2D eigenvalue weighted by Gasteiger charge is -2.37. The fourth-order valence-electron chi connectivity index (χ4n) is 5.48. The zero-order valence-electron chi connectivity index (χ0n) is 22.6. The number of pyridine rings is 1. The highest BCUT2D eigenvalue weighted by Crippen LogP contribution is 2.42. The molecule has 3 heterocycles. The van der Waals surface area contributed by atoms with Crippen LogP contribution in [0.25, 0.3) is 32.7 Å². The van der Waals surface area contributed by atoms with Crippen LogP contribution in [0.4, 0.5) is 0 Å². The summed E-state index contributed by atoms with van der Waals surface area (Å²) in [5, 5.41) is 7.39. The highest BCUT2D eigenvalue weighted by molar-refractivity contribution is 7.13. The van der Waals surface area contributed by atoms with Crippen molar-refractivity contribution in [3.63, 3.8) is 0 Å². The van der Waals surface area contributed by atoms with Crippen molar-refractivity contribution >= 4 is 39.7 Å². The molecule has 41 heavy (non-hydrogen) atoms. The third-order valence-corrected chi connectivity index (χ3v) is 8.44. The summed E-state index contributed by atoms with van der Waals surface area (Å²) in [6, 6.07) is 24.8. The molecule has 0 fully saturated rings. The topological polar surface area (TPSA) is 81.8 Å². The van der Waals surface area contributed by atoms with E-state index in [1.54, 1.807) is 42.3 Å². The van der Waals surface area contributed by atoms with Crippen molar-refractivity contribution in [1.29, 1.82) is 0 Å². The Morgan fingerprint density at radius 3 is 2.44 bits per heavy atom. The van der Waals surface area contributed by atoms with Crippen molar-refractivity contribution in [2.24, 2.45) is 14.1 Å². The number of halogens is 1. The second-order valence-corrected chi connectivity index (χ2v) is 11.2. The number of aryl methyl sites for hydroxylation is 2. The highest BCUT2D eigenvalue weighted by Gasteiger charge is 2.42. The molecule has 1 amide bonds. The maximum atomic E-state index is 13.6. The lowest BCUT2D eigenvalue weighted by molar-refractivity contribution is -0.120. The van der Waals surface area contributed by atoms with Gasteiger partial charge in [-0.25, -0.2) is 9.97 Å². The molecule has 0 aliphatic rings. The molecule has 0 spiro atoms. The summed E-state index contributed by atoms with van der Waals surface area (Å²) in [5.41, 5.74) is 4.10. The summed E-state index contributed by atoms with van der Waals surface area (Å²) in [4.78, 5) is 35.8. The number of hydrogen-bond acceptors (Lipinski definition) is 5. The lowest BCUT2D eigenvalue weighted by atomic mass is 9.78. The van der Waals surface area contributed by atoms with E-state index in [1.165, 1.54) is 18.3 Å². The number of nitrogens with zero attached hydrogens (tertiary/aromatic N) is 4. The number of benzene rings is 3. The molecule has 7 nitrogen and oxygen atoms in total. The Balaban J connectivity index is 1.69. The maximum absolute atomic E-state index is 13.6. The summed E-state index contributed by atoms with van der Waals surface area (Å²) in [6.07, 6.45) is 3.43. The minimum atomic E-state index is -1.19. The zero-order chi connectivity index (χ0) is 28.7. The van der Waals surface area contributed by atoms with Gasteiger partial charge in [-0.2, -0.15) is 0 Å². The van der Waals surface area contributed by atoms with Gasteiger partial charge >= 0.3 is 0 Å². The monoisotopic (exact) mass is 579 g/mol. The van der Waals surface area contributed by atoms with Gasteiger partial charge in [0, 0.05) is 59.6 Å². The minimum absolute atomic E-state index is 0.186. The van der Waals surface area contributed by atoms with Gasteiger partial charge in [-0.3, -0.25) is 9.59 Å². The normalized spacial score (nSPS) is 12.8. The van der Waals surface area contributed by atoms with Crippen LogP contribution in [0, 0.1) is 0 Å². The fraction of sp³-hybridized carbons (Fsp3) is 0.125. The molecule has 0 bridgehead atoms. The Kier molecular flexibility index (Phi) is 6.81. The average molecular weight is 580 g/mol. The first-order valence-electron chi connectivity index (χ1n) is 13.0. The molecule has 1 unspecified atom stereocenters. The summed E-state index contributed by atoms with van der Waals surface area (Å²) >= 11 is 7.78. The summed E-state index contributed by atoms with van der Waals surface area (Å²) in [6.45, 7) is 1.48. The maximum Gasteiger partial charge on any atom is 0.251 e. The van der Waals surface area contributed by atoms with Gasteiger partial charge in [-0.15, -0.1) is 11.3 Å². The Labute approximate surface area is 245 Å². The molecule has 3 aromatic carbocycles. The van der Waals surface area contributed by atoms with Crippen molar-refractivity contribution < 1.29 is 4.79 Å². The molecule has 6 aromatic rings. The smallest absolute Gasteiger partial charge is 0.251 e. The molecule has 9 heteroatoms. The molecule has 3 aromatic heterocycles. The number of amides is 1. The number of para-hydroxylation sites is 1. The number of rotatable bonds is 6. The van der Waals surface area contributed by atoms with Crippen LogP contribution >= 0.6 is 22.9 Å². The Bertz CT molecular complexity index is 1960. The highest BCUT2D eigenvalue weighted by atomic mass is 35.5. The Morgan fingerprint density at radius 2 is 1.76 bits per heavy atom. The first-order chi connectivity index (χ1) is 19.8. The van der Waals surface area contributed by atoms with Crippen molar-refractivity contribution in [2.45, 2.75) is 12.5 Å². The molecule has 1 atom stereocenters. The molecule has 0 saturated carbocycles. The lowest BCUT2D eigenvalue weighted by Crippen LogP contribution is -2.48. The van der Waals surface area contributed by atoms with Crippen molar-refractivity contribution in [2.75, 3.05) is 0 Å². The number of carbonyl (C=O) groups excluding carboxylic acids is 1. The van der Waals surface area contributed by atoms with Crippen LogP contribution in [0.5, 0.6) is 0 Å². The van der Waals surface area contributed by atoms with Crippen molar-refractivity contribution in [3.8, 4) is 21.8 Å². The number of nitrogens with one attached hydrogen (secondary N) is 1. The van der Waals surface area contributed by atoms with Crippen LogP contribution in [0.15, 0.2) is 102 Å². The molecule has 1 N–H and O–H groups in total. The van der Waals surface area contributed by atoms with Crippen LogP contribution in [0.2, 0.25) is 5.02 Å². The van der Waals surface area contributed by atoms with Gasteiger partial charge in [-0.1, -0.05) is 72.3 Å². The van der Waals surface area contributed by atoms with E-state index in [-0.39, 0.29) is 11.5 Å². The van der Waals surface area contributed by atoms with E-state index < -0.39 is 5.54 Å². The van der Waals surface area contributed by atoms with Gasteiger partial charge in [0.05, 0.1) is 29.4 Å². The summed E-state index contributed by atoms with van der Waals surface area (Å²) in [5.74, 6) is -0.244. The second kappa shape index (κ2) is 10.5. The molecule has 204 valence electrons. The van der Waals surface area contributed by atoms with Gasteiger partial charge in [0.15, 0.2) is 0 Å². The molecule has 0 aliphatic carbocycles. The fourth-order valence-corrected chi connectivity index (χ4v) is 6.46. The van der Waals surface area contributed by atoms with Crippen LogP contribution in [-0.2, 0) is 24.4 Å². The van der Waals surface area contributed by atoms with E-state index >= 15 is 0 Å². The second-order valence-electron chi connectivity index (χ2n) is 9.89. The third kappa shape index (κ3) is 4.55. The molecular formula is C32H26ClN5O2S. The van der Waals surface area contributed by atoms with Gasteiger partial charge in [0.1, 0.15) is 10.5 Å². The summed E-state index contributed by atoms with van der Waals surface area (Å²) in [7, 11) is 3.63. The quantitative estimate of drug-likeness (QED) is 0.257. The van der Waals surface area contributed by atoms with Crippen LogP contribution in [-0.4, -0.2) is 25.0 Å². The van der Waals surface area contributed by atoms with Gasteiger partial charge in [0.25, 0.3) is 5.56 Å². The molecule has 0 aliphatic heterocycles. The standard InChI is InChI=1S/C32H26ClN5O2S/c1-20(39)36-32(28-17-34-19-37(28)2,22-12-14-23(33)15-13-22)26-11-7-10-24-25(16-29(40)38(3)30(24)26)31-35-27(18-41-31)21-8-5-4-6-9-21/h4-19H,1-3H3,(H,36,39). The van der Waals surface area contributed by atoms with E-state index in [0.29, 0.717) is 10.5 Å². The summed E-state index contributed by atoms with van der Waals surface area (Å²) < 4.78 is 3.50. The van der Waals surface area contributed by atoms with Gasteiger partial charge < -0.3 is 14.5 Å². The van der Waals surface area contributed by atoms with Gasteiger partial charge in [0.2, 0.25) is 5.91 Å². The predicted molar refractivity (Wildman–Crippen MR) is 164 cm³/mol. The molecular weight excluding hydrogens is 554 g/mol. The number of hydrogen-bond donors (Lipinski definition) is 1. The van der Waals surface area contributed by atoms with E-state index in [9.17, 15) is 9.59 Å². The molecule has 0 saturated heterocycles. The predicted octanol–water partition coefficient (Wildman–Crippen LogP) is 6.14. The SMILES string of the molecule is CC(=O)NC(c1ccc(Cl)cc1)(c1cccc2c(-c3nc(-c4ccccc4)cs3)cc(=O)n(C)c12)c1cncn1C. The first kappa shape index (κ1) is 26.7. The largest absolute Gasteiger partial charge is 0.337 e. The Hall–Kier alpha value is -4.53. The Morgan fingerprint density at radius 1 is 1.00 bits per heavy atom. The number of imidazole rings is 1. The van der Waals surface area contributed by atoms with E-state index in [2.05, 4.69) is 10.3 Å². The number of aromatic nitrogens is 4. The first-order valence-corrected chi connectivity index (χ1v) is 14.2. The third-order valence-electron chi connectivity index (χ3n) is 7.31.